The Morgan fingerprint density at radius 1 is 1.12 bits per heavy atom. The van der Waals surface area contributed by atoms with E-state index in [1.807, 2.05) is 25.1 Å². The molecule has 1 unspecified atom stereocenters. The molecule has 0 saturated heterocycles. The predicted octanol–water partition coefficient (Wildman–Crippen LogP) is 2.23. The molecule has 0 fully saturated rings. The van der Waals surface area contributed by atoms with Crippen LogP contribution in [0.15, 0.2) is 36.5 Å². The minimum absolute atomic E-state index is 0.0953. The number of rotatable bonds is 5. The first-order valence-electron chi connectivity index (χ1n) is 7.54. The summed E-state index contributed by atoms with van der Waals surface area (Å²) in [6.07, 6.45) is 1.75. The second-order valence-corrected chi connectivity index (χ2v) is 5.27. The van der Waals surface area contributed by atoms with Gasteiger partial charge in [-0.3, -0.25) is 0 Å². The second kappa shape index (κ2) is 6.97. The zero-order valence-corrected chi connectivity index (χ0v) is 14.0. The van der Waals surface area contributed by atoms with E-state index in [9.17, 15) is 0 Å². The normalized spacial score (nSPS) is 11.6. The molecular formula is C17H16N6O2. The molecule has 8 nitrogen and oxygen atoms in total. The van der Waals surface area contributed by atoms with Gasteiger partial charge in [-0.15, -0.1) is 5.10 Å². The van der Waals surface area contributed by atoms with Crippen molar-refractivity contribution in [1.82, 2.24) is 25.0 Å². The molecule has 2 aromatic heterocycles. The first kappa shape index (κ1) is 16.4. The molecule has 8 heteroatoms. The molecule has 0 aliphatic heterocycles. The van der Waals surface area contributed by atoms with Crippen molar-refractivity contribution in [3.63, 3.8) is 0 Å². The highest BCUT2D eigenvalue weighted by molar-refractivity contribution is 5.49. The molecule has 3 rings (SSSR count). The molecule has 0 radical (unpaired) electrons. The van der Waals surface area contributed by atoms with Crippen molar-refractivity contribution in [2.24, 2.45) is 0 Å². The van der Waals surface area contributed by atoms with Crippen LogP contribution in [0.2, 0.25) is 0 Å². The molecular weight excluding hydrogens is 320 g/mol. The first-order valence-corrected chi connectivity index (χ1v) is 7.54. The van der Waals surface area contributed by atoms with Crippen LogP contribution in [0.5, 0.6) is 11.8 Å². The third kappa shape index (κ3) is 3.40. The van der Waals surface area contributed by atoms with Crippen LogP contribution >= 0.6 is 0 Å². The van der Waals surface area contributed by atoms with E-state index < -0.39 is 0 Å². The van der Waals surface area contributed by atoms with Crippen molar-refractivity contribution in [2.75, 3.05) is 14.2 Å². The number of aromatic nitrogens is 5. The number of ether oxygens (including phenoxy) is 2. The van der Waals surface area contributed by atoms with Crippen LogP contribution in [0.1, 0.15) is 24.1 Å². The van der Waals surface area contributed by atoms with Gasteiger partial charge in [-0.25, -0.2) is 4.68 Å². The number of methoxy groups -OCH3 is 2. The van der Waals surface area contributed by atoms with Crippen LogP contribution in [0, 0.1) is 11.3 Å². The highest BCUT2D eigenvalue weighted by Crippen LogP contribution is 2.23. The van der Waals surface area contributed by atoms with Gasteiger partial charge >= 0.3 is 0 Å². The maximum atomic E-state index is 9.04. The summed E-state index contributed by atoms with van der Waals surface area (Å²) in [6.45, 7) is 1.97. The third-order valence-corrected chi connectivity index (χ3v) is 3.73. The lowest BCUT2D eigenvalue weighted by molar-refractivity contribution is 0.372. The second-order valence-electron chi connectivity index (χ2n) is 5.27. The summed E-state index contributed by atoms with van der Waals surface area (Å²) in [4.78, 5) is 8.54. The molecule has 0 bridgehead atoms. The molecule has 3 aromatic rings. The van der Waals surface area contributed by atoms with Gasteiger partial charge in [0.15, 0.2) is 11.5 Å². The van der Waals surface area contributed by atoms with Crippen LogP contribution in [-0.4, -0.2) is 39.2 Å². The predicted molar refractivity (Wildman–Crippen MR) is 89.1 cm³/mol. The number of hydrogen-bond acceptors (Lipinski definition) is 7. The third-order valence-electron chi connectivity index (χ3n) is 3.73. The van der Waals surface area contributed by atoms with Crippen molar-refractivity contribution in [3.05, 3.63) is 47.7 Å². The summed E-state index contributed by atoms with van der Waals surface area (Å²) in [5, 5.41) is 17.3. The molecule has 0 aliphatic carbocycles. The van der Waals surface area contributed by atoms with E-state index in [2.05, 4.69) is 26.3 Å². The van der Waals surface area contributed by atoms with Crippen LogP contribution in [0.25, 0.3) is 11.5 Å². The molecule has 2 heterocycles. The lowest BCUT2D eigenvalue weighted by atomic mass is 10.1. The standard InChI is InChI=1S/C17H16N6O2/c1-11(13-6-4-5-12(7-13)9-18)23-10-14(21-22-23)17-19-15(24-2)8-16(20-17)25-3/h4-8,10-11H,1-3H3. The van der Waals surface area contributed by atoms with Gasteiger partial charge in [0, 0.05) is 0 Å². The quantitative estimate of drug-likeness (QED) is 0.704. The Kier molecular flexibility index (Phi) is 4.57. The van der Waals surface area contributed by atoms with E-state index in [1.165, 1.54) is 14.2 Å². The SMILES string of the molecule is COc1cc(OC)nc(-c2cn(C(C)c3cccc(C#N)c3)nn2)n1. The fourth-order valence-corrected chi connectivity index (χ4v) is 2.32. The Labute approximate surface area is 144 Å². The summed E-state index contributed by atoms with van der Waals surface area (Å²) in [6, 6.07) is 11.0. The highest BCUT2D eigenvalue weighted by Gasteiger charge is 2.15. The monoisotopic (exact) mass is 336 g/mol. The first-order chi connectivity index (χ1) is 12.1. The van der Waals surface area contributed by atoms with Crippen molar-refractivity contribution < 1.29 is 9.47 Å². The Hall–Kier alpha value is -3.47. The van der Waals surface area contributed by atoms with Gasteiger partial charge in [0.05, 0.1) is 44.2 Å². The van der Waals surface area contributed by atoms with E-state index in [1.54, 1.807) is 23.0 Å². The molecule has 126 valence electrons. The van der Waals surface area contributed by atoms with Crippen molar-refractivity contribution in [2.45, 2.75) is 13.0 Å². The van der Waals surface area contributed by atoms with Gasteiger partial charge in [0.1, 0.15) is 0 Å². The summed E-state index contributed by atoms with van der Waals surface area (Å²) in [5.74, 6) is 1.12. The van der Waals surface area contributed by atoms with E-state index >= 15 is 0 Å². The average molecular weight is 336 g/mol. The zero-order valence-electron chi connectivity index (χ0n) is 14.0. The maximum absolute atomic E-state index is 9.04. The molecule has 0 amide bonds. The molecule has 1 atom stereocenters. The number of nitrogens with zero attached hydrogens (tertiary/aromatic N) is 6. The van der Waals surface area contributed by atoms with E-state index in [0.29, 0.717) is 28.8 Å². The lowest BCUT2D eigenvalue weighted by Crippen LogP contribution is -2.07. The molecule has 0 aliphatic rings. The minimum atomic E-state index is -0.0953. The fourth-order valence-electron chi connectivity index (χ4n) is 2.32. The van der Waals surface area contributed by atoms with Crippen LogP contribution in [-0.2, 0) is 0 Å². The van der Waals surface area contributed by atoms with Crippen LogP contribution in [0.3, 0.4) is 0 Å². The van der Waals surface area contributed by atoms with Crippen molar-refractivity contribution in [3.8, 4) is 29.3 Å². The summed E-state index contributed by atoms with van der Waals surface area (Å²) in [7, 11) is 3.04. The van der Waals surface area contributed by atoms with Crippen LogP contribution in [0.4, 0.5) is 0 Å². The van der Waals surface area contributed by atoms with Gasteiger partial charge in [0.25, 0.3) is 0 Å². The molecule has 1 aromatic carbocycles. The lowest BCUT2D eigenvalue weighted by Gasteiger charge is -2.11. The smallest absolute Gasteiger partial charge is 0.220 e. The number of benzene rings is 1. The minimum Gasteiger partial charge on any atom is -0.481 e. The zero-order chi connectivity index (χ0) is 17.8. The topological polar surface area (TPSA) is 98.7 Å². The van der Waals surface area contributed by atoms with E-state index in [0.717, 1.165) is 5.56 Å². The summed E-state index contributed by atoms with van der Waals surface area (Å²) < 4.78 is 12.0. The largest absolute Gasteiger partial charge is 0.481 e. The average Bonchev–Trinajstić information content (AvgIpc) is 3.17. The Bertz CT molecular complexity index is 909. The van der Waals surface area contributed by atoms with E-state index in [-0.39, 0.29) is 6.04 Å². The number of hydrogen-bond donors (Lipinski definition) is 0. The van der Waals surface area contributed by atoms with Crippen molar-refractivity contribution >= 4 is 0 Å². The molecule has 0 N–H and O–H groups in total. The molecule has 0 saturated carbocycles. The maximum Gasteiger partial charge on any atom is 0.220 e. The van der Waals surface area contributed by atoms with Crippen LogP contribution < -0.4 is 9.47 Å². The molecule has 25 heavy (non-hydrogen) atoms. The summed E-state index contributed by atoms with van der Waals surface area (Å²) in [5.41, 5.74) is 2.06. The van der Waals surface area contributed by atoms with Gasteiger partial charge < -0.3 is 9.47 Å². The van der Waals surface area contributed by atoms with Gasteiger partial charge in [-0.2, -0.15) is 15.2 Å². The van der Waals surface area contributed by atoms with E-state index in [4.69, 9.17) is 14.7 Å². The number of nitriles is 1. The fraction of sp³-hybridized carbons (Fsp3) is 0.235. The Morgan fingerprint density at radius 3 is 2.48 bits per heavy atom. The highest BCUT2D eigenvalue weighted by atomic mass is 16.5. The van der Waals surface area contributed by atoms with Gasteiger partial charge in [0.2, 0.25) is 11.8 Å². The van der Waals surface area contributed by atoms with Gasteiger partial charge in [-0.1, -0.05) is 17.3 Å². The molecule has 0 spiro atoms. The summed E-state index contributed by atoms with van der Waals surface area (Å²) >= 11 is 0. The Balaban J connectivity index is 1.93. The Morgan fingerprint density at radius 2 is 1.84 bits per heavy atom. The van der Waals surface area contributed by atoms with Gasteiger partial charge in [-0.05, 0) is 24.6 Å². The van der Waals surface area contributed by atoms with Crippen molar-refractivity contribution in [1.29, 1.82) is 5.26 Å².